The molecule has 0 aliphatic carbocycles. The molecule has 124 valence electrons. The van der Waals surface area contributed by atoms with Crippen molar-refractivity contribution in [1.29, 1.82) is 0 Å². The van der Waals surface area contributed by atoms with E-state index in [0.717, 1.165) is 35.4 Å². The Morgan fingerprint density at radius 2 is 2.04 bits per heavy atom. The molecule has 1 aliphatic heterocycles. The quantitative estimate of drug-likeness (QED) is 0.777. The standard InChI is InChI=1S/C19H21N3OS/c23-11-9-15-8-4-5-10-22(15)18-16-12-17(14-6-2-1-3-7-14)24-19(16)21-13-20-18/h1-3,6-7,12-13,15,23H,4-5,8-11H2. The van der Waals surface area contributed by atoms with Gasteiger partial charge in [-0.1, -0.05) is 30.3 Å². The zero-order chi connectivity index (χ0) is 16.4. The van der Waals surface area contributed by atoms with E-state index in [1.165, 1.54) is 23.3 Å². The van der Waals surface area contributed by atoms with Crippen molar-refractivity contribution in [2.45, 2.75) is 31.7 Å². The third-order valence-corrected chi connectivity index (χ3v) is 5.82. The smallest absolute Gasteiger partial charge is 0.141 e. The fourth-order valence-electron chi connectivity index (χ4n) is 3.55. The molecule has 24 heavy (non-hydrogen) atoms. The molecule has 1 aliphatic rings. The van der Waals surface area contributed by atoms with Gasteiger partial charge in [-0.05, 0) is 37.3 Å². The normalized spacial score (nSPS) is 18.2. The highest BCUT2D eigenvalue weighted by molar-refractivity contribution is 7.21. The molecule has 4 nitrogen and oxygen atoms in total. The molecule has 3 heterocycles. The van der Waals surface area contributed by atoms with Crippen LogP contribution in [0, 0.1) is 0 Å². The van der Waals surface area contributed by atoms with E-state index < -0.39 is 0 Å². The van der Waals surface area contributed by atoms with Gasteiger partial charge >= 0.3 is 0 Å². The molecule has 0 spiro atoms. The number of benzene rings is 1. The van der Waals surface area contributed by atoms with Crippen LogP contribution in [0.15, 0.2) is 42.7 Å². The second-order valence-electron chi connectivity index (χ2n) is 6.25. The SMILES string of the molecule is OCCC1CCCCN1c1ncnc2sc(-c3ccccc3)cc12. The molecule has 1 aromatic carbocycles. The lowest BCUT2D eigenvalue weighted by Gasteiger charge is -2.36. The summed E-state index contributed by atoms with van der Waals surface area (Å²) in [5.74, 6) is 1.02. The average molecular weight is 339 g/mol. The molecule has 0 bridgehead atoms. The Morgan fingerprint density at radius 1 is 1.17 bits per heavy atom. The van der Waals surface area contributed by atoms with Crippen molar-refractivity contribution >= 4 is 27.4 Å². The summed E-state index contributed by atoms with van der Waals surface area (Å²) in [5.41, 5.74) is 1.22. The Labute approximate surface area is 145 Å². The van der Waals surface area contributed by atoms with Crippen LogP contribution in [0.1, 0.15) is 25.7 Å². The minimum atomic E-state index is 0.230. The lowest BCUT2D eigenvalue weighted by Crippen LogP contribution is -2.40. The van der Waals surface area contributed by atoms with Gasteiger partial charge in [-0.2, -0.15) is 0 Å². The van der Waals surface area contributed by atoms with Gasteiger partial charge in [0, 0.05) is 24.1 Å². The van der Waals surface area contributed by atoms with Crippen LogP contribution in [0.25, 0.3) is 20.7 Å². The number of thiophene rings is 1. The van der Waals surface area contributed by atoms with Gasteiger partial charge in [0.05, 0.1) is 5.39 Å². The maximum Gasteiger partial charge on any atom is 0.141 e. The van der Waals surface area contributed by atoms with Crippen LogP contribution in [-0.4, -0.2) is 34.3 Å². The number of aromatic nitrogens is 2. The van der Waals surface area contributed by atoms with Gasteiger partial charge in [0.1, 0.15) is 17.0 Å². The fourth-order valence-corrected chi connectivity index (χ4v) is 4.54. The molecule has 2 aromatic heterocycles. The summed E-state index contributed by atoms with van der Waals surface area (Å²) in [6.45, 7) is 1.24. The van der Waals surface area contributed by atoms with E-state index in [0.29, 0.717) is 6.04 Å². The minimum absolute atomic E-state index is 0.230. The number of hydrogen-bond acceptors (Lipinski definition) is 5. The maximum atomic E-state index is 9.39. The molecule has 1 saturated heterocycles. The Kier molecular flexibility index (Phi) is 4.45. The van der Waals surface area contributed by atoms with Crippen LogP contribution in [0.3, 0.4) is 0 Å². The zero-order valence-electron chi connectivity index (χ0n) is 13.6. The molecule has 1 unspecified atom stereocenters. The van der Waals surface area contributed by atoms with Crippen LogP contribution in [0.5, 0.6) is 0 Å². The molecule has 0 radical (unpaired) electrons. The van der Waals surface area contributed by atoms with Crippen molar-refractivity contribution in [3.63, 3.8) is 0 Å². The second kappa shape index (κ2) is 6.87. The number of anilines is 1. The highest BCUT2D eigenvalue weighted by Crippen LogP contribution is 2.37. The van der Waals surface area contributed by atoms with E-state index in [2.05, 4.69) is 45.2 Å². The predicted octanol–water partition coefficient (Wildman–Crippen LogP) is 4.10. The van der Waals surface area contributed by atoms with E-state index in [4.69, 9.17) is 0 Å². The van der Waals surface area contributed by atoms with Crippen molar-refractivity contribution in [2.75, 3.05) is 18.1 Å². The van der Waals surface area contributed by atoms with E-state index in [1.807, 2.05) is 6.07 Å². The largest absolute Gasteiger partial charge is 0.396 e. The predicted molar refractivity (Wildman–Crippen MR) is 99.5 cm³/mol. The molecule has 3 aromatic rings. The summed E-state index contributed by atoms with van der Waals surface area (Å²) >= 11 is 1.72. The van der Waals surface area contributed by atoms with Crippen LogP contribution >= 0.6 is 11.3 Å². The first-order chi connectivity index (χ1) is 11.9. The average Bonchev–Trinajstić information content (AvgIpc) is 3.08. The Bertz CT molecular complexity index is 816. The zero-order valence-corrected chi connectivity index (χ0v) is 14.4. The summed E-state index contributed by atoms with van der Waals surface area (Å²) in [6.07, 6.45) is 6.02. The number of aliphatic hydroxyl groups is 1. The van der Waals surface area contributed by atoms with E-state index in [9.17, 15) is 5.11 Å². The third-order valence-electron chi connectivity index (χ3n) is 4.73. The minimum Gasteiger partial charge on any atom is -0.396 e. The number of piperidine rings is 1. The van der Waals surface area contributed by atoms with Gasteiger partial charge in [-0.25, -0.2) is 9.97 Å². The number of nitrogens with zero attached hydrogens (tertiary/aromatic N) is 3. The van der Waals surface area contributed by atoms with Gasteiger partial charge in [-0.3, -0.25) is 0 Å². The van der Waals surface area contributed by atoms with Crippen LogP contribution < -0.4 is 4.90 Å². The number of hydrogen-bond donors (Lipinski definition) is 1. The Morgan fingerprint density at radius 3 is 2.88 bits per heavy atom. The molecular formula is C19H21N3OS. The number of rotatable bonds is 4. The molecule has 1 atom stereocenters. The Balaban J connectivity index is 1.77. The van der Waals surface area contributed by atoms with E-state index >= 15 is 0 Å². The van der Waals surface area contributed by atoms with Gasteiger partial charge in [-0.15, -0.1) is 11.3 Å². The van der Waals surface area contributed by atoms with Gasteiger partial charge < -0.3 is 10.0 Å². The molecule has 1 N–H and O–H groups in total. The van der Waals surface area contributed by atoms with E-state index in [-0.39, 0.29) is 6.61 Å². The van der Waals surface area contributed by atoms with E-state index in [1.54, 1.807) is 17.7 Å². The van der Waals surface area contributed by atoms with Crippen molar-refractivity contribution in [2.24, 2.45) is 0 Å². The number of aliphatic hydroxyl groups excluding tert-OH is 1. The molecule has 0 amide bonds. The van der Waals surface area contributed by atoms with Gasteiger partial charge in [0.2, 0.25) is 0 Å². The first-order valence-electron chi connectivity index (χ1n) is 8.54. The molecular weight excluding hydrogens is 318 g/mol. The monoisotopic (exact) mass is 339 g/mol. The van der Waals surface area contributed by atoms with Crippen LogP contribution in [0.4, 0.5) is 5.82 Å². The maximum absolute atomic E-state index is 9.39. The fraction of sp³-hybridized carbons (Fsp3) is 0.368. The van der Waals surface area contributed by atoms with Gasteiger partial charge in [0.25, 0.3) is 0 Å². The molecule has 1 fully saturated rings. The molecule has 0 saturated carbocycles. The molecule has 5 heteroatoms. The topological polar surface area (TPSA) is 49.2 Å². The second-order valence-corrected chi connectivity index (χ2v) is 7.28. The van der Waals surface area contributed by atoms with Crippen molar-refractivity contribution in [1.82, 2.24) is 9.97 Å². The van der Waals surface area contributed by atoms with Crippen molar-refractivity contribution in [3.8, 4) is 10.4 Å². The summed E-state index contributed by atoms with van der Waals surface area (Å²) < 4.78 is 0. The summed E-state index contributed by atoms with van der Waals surface area (Å²) in [6, 6.07) is 13.0. The van der Waals surface area contributed by atoms with Crippen LogP contribution in [-0.2, 0) is 0 Å². The van der Waals surface area contributed by atoms with Crippen molar-refractivity contribution in [3.05, 3.63) is 42.7 Å². The summed E-state index contributed by atoms with van der Waals surface area (Å²) in [5, 5.41) is 10.5. The third kappa shape index (κ3) is 2.89. The van der Waals surface area contributed by atoms with Crippen molar-refractivity contribution < 1.29 is 5.11 Å². The molecule has 4 rings (SSSR count). The lowest BCUT2D eigenvalue weighted by atomic mass is 9.99. The highest BCUT2D eigenvalue weighted by atomic mass is 32.1. The van der Waals surface area contributed by atoms with Gasteiger partial charge in [0.15, 0.2) is 0 Å². The summed E-state index contributed by atoms with van der Waals surface area (Å²) in [4.78, 5) is 13.7. The first-order valence-corrected chi connectivity index (χ1v) is 9.36. The first kappa shape index (κ1) is 15.5. The Hall–Kier alpha value is -1.98. The lowest BCUT2D eigenvalue weighted by molar-refractivity contribution is 0.262. The van der Waals surface area contributed by atoms with Crippen LogP contribution in [0.2, 0.25) is 0 Å². The summed E-state index contributed by atoms with van der Waals surface area (Å²) in [7, 11) is 0. The highest BCUT2D eigenvalue weighted by Gasteiger charge is 2.25. The number of fused-ring (bicyclic) bond motifs is 1.